The number of nitrogens with one attached hydrogen (secondary N) is 1. The Balaban J connectivity index is 1.16. The summed E-state index contributed by atoms with van der Waals surface area (Å²) in [4.78, 5) is 2.41. The molecule has 0 aliphatic heterocycles. The summed E-state index contributed by atoms with van der Waals surface area (Å²) in [5.41, 5.74) is 6.65. The zero-order chi connectivity index (χ0) is 36.4. The van der Waals surface area contributed by atoms with Gasteiger partial charge in [0.1, 0.15) is 0 Å². The fourth-order valence-corrected chi connectivity index (χ4v) is 8.46. The van der Waals surface area contributed by atoms with E-state index in [0.717, 1.165) is 28.4 Å². The van der Waals surface area contributed by atoms with Crippen LogP contribution in [0, 0.1) is 0 Å². The maximum Gasteiger partial charge on any atom is 0.0485 e. The van der Waals surface area contributed by atoms with E-state index in [1.165, 1.54) is 70.2 Å². The van der Waals surface area contributed by atoms with Crippen molar-refractivity contribution < 1.29 is 0 Å². The van der Waals surface area contributed by atoms with Gasteiger partial charge >= 0.3 is 0 Å². The molecule has 258 valence electrons. The quantitative estimate of drug-likeness (QED) is 0.181. The molecule has 0 radical (unpaired) electrons. The Morgan fingerprint density at radius 2 is 0.741 bits per heavy atom. The summed E-state index contributed by atoms with van der Waals surface area (Å²) in [7, 11) is 0. The van der Waals surface area contributed by atoms with Gasteiger partial charge in [-0.25, -0.2) is 0 Å². The van der Waals surface area contributed by atoms with E-state index in [4.69, 9.17) is 0 Å². The third-order valence-electron chi connectivity index (χ3n) is 11.1. The Hall–Kier alpha value is -6.64. The zero-order valence-corrected chi connectivity index (χ0v) is 30.8. The van der Waals surface area contributed by atoms with Crippen molar-refractivity contribution in [2.75, 3.05) is 10.2 Å². The first-order valence-corrected chi connectivity index (χ1v) is 18.8. The van der Waals surface area contributed by atoms with Crippen LogP contribution in [0.25, 0.3) is 64.6 Å². The molecule has 2 heteroatoms. The summed E-state index contributed by atoms with van der Waals surface area (Å²) >= 11 is 0. The van der Waals surface area contributed by atoms with Gasteiger partial charge in [0.25, 0.3) is 0 Å². The second-order valence-electron chi connectivity index (χ2n) is 15.5. The molecule has 10 aromatic rings. The van der Waals surface area contributed by atoms with Crippen LogP contribution in [-0.4, -0.2) is 0 Å². The highest BCUT2D eigenvalue weighted by atomic mass is 15.1. The Morgan fingerprint density at radius 1 is 0.315 bits per heavy atom. The van der Waals surface area contributed by atoms with E-state index in [1.54, 1.807) is 0 Å². The molecule has 0 bridgehead atoms. The van der Waals surface area contributed by atoms with Crippen LogP contribution in [-0.2, 0) is 5.41 Å². The number of hydrogen-bond acceptors (Lipinski definition) is 2. The van der Waals surface area contributed by atoms with Gasteiger partial charge < -0.3 is 10.2 Å². The monoisotopic (exact) mass is 692 g/mol. The highest BCUT2D eigenvalue weighted by molar-refractivity contribution is 6.27. The van der Waals surface area contributed by atoms with Gasteiger partial charge in [0, 0.05) is 28.4 Å². The molecule has 10 aromatic carbocycles. The first-order chi connectivity index (χ1) is 26.4. The van der Waals surface area contributed by atoms with Crippen LogP contribution in [0.15, 0.2) is 182 Å². The molecule has 1 N–H and O–H groups in total. The smallest absolute Gasteiger partial charge is 0.0485 e. The molecule has 0 fully saturated rings. The van der Waals surface area contributed by atoms with Crippen LogP contribution in [0.4, 0.5) is 28.4 Å². The summed E-state index contributed by atoms with van der Waals surface area (Å²) in [5, 5.41) is 19.1. The van der Waals surface area contributed by atoms with Gasteiger partial charge in [0.2, 0.25) is 0 Å². The second-order valence-corrected chi connectivity index (χ2v) is 15.5. The SMILES string of the molecule is CC(C)(C)c1cc(Nc2ccc3c4ccccc4c4ccccc4c3c2)cc(N(c2ccccc2)c2ccc3c4ccccc4c4ccccc4c3c2)c1. The Morgan fingerprint density at radius 3 is 1.24 bits per heavy atom. The van der Waals surface area contributed by atoms with Gasteiger partial charge in [-0.1, -0.05) is 148 Å². The summed E-state index contributed by atoms with van der Waals surface area (Å²) in [6.07, 6.45) is 0. The Labute approximate surface area is 315 Å². The van der Waals surface area contributed by atoms with Crippen molar-refractivity contribution in [3.05, 3.63) is 188 Å². The fourth-order valence-electron chi connectivity index (χ4n) is 8.46. The lowest BCUT2D eigenvalue weighted by Crippen LogP contribution is -2.15. The van der Waals surface area contributed by atoms with Gasteiger partial charge in [-0.05, 0) is 130 Å². The fraction of sp³-hybridized carbons (Fsp3) is 0.0769. The maximum absolute atomic E-state index is 3.87. The van der Waals surface area contributed by atoms with E-state index in [1.807, 2.05) is 0 Å². The molecular formula is C52H40N2. The normalized spacial score (nSPS) is 12.0. The van der Waals surface area contributed by atoms with E-state index in [0.29, 0.717) is 0 Å². The minimum atomic E-state index is -0.0776. The average Bonchev–Trinajstić information content (AvgIpc) is 3.21. The predicted octanol–water partition coefficient (Wildman–Crippen LogP) is 15.1. The second kappa shape index (κ2) is 12.5. The maximum atomic E-state index is 3.87. The van der Waals surface area contributed by atoms with Crippen molar-refractivity contribution in [2.45, 2.75) is 26.2 Å². The van der Waals surface area contributed by atoms with Crippen LogP contribution >= 0.6 is 0 Å². The van der Waals surface area contributed by atoms with Crippen molar-refractivity contribution in [1.82, 2.24) is 0 Å². The highest BCUT2D eigenvalue weighted by Crippen LogP contribution is 2.43. The van der Waals surface area contributed by atoms with Gasteiger partial charge in [-0.3, -0.25) is 0 Å². The van der Waals surface area contributed by atoms with Crippen molar-refractivity contribution in [3.63, 3.8) is 0 Å². The lowest BCUT2D eigenvalue weighted by Gasteiger charge is -2.29. The number of nitrogens with zero attached hydrogens (tertiary/aromatic N) is 1. The van der Waals surface area contributed by atoms with E-state index in [-0.39, 0.29) is 5.41 Å². The number of hydrogen-bond donors (Lipinski definition) is 1. The molecular weight excluding hydrogens is 653 g/mol. The highest BCUT2D eigenvalue weighted by Gasteiger charge is 2.21. The number of para-hydroxylation sites is 1. The minimum Gasteiger partial charge on any atom is -0.355 e. The summed E-state index contributed by atoms with van der Waals surface area (Å²) in [5.74, 6) is 0. The lowest BCUT2D eigenvalue weighted by atomic mass is 9.86. The molecule has 0 atom stereocenters. The van der Waals surface area contributed by atoms with Crippen LogP contribution in [0.5, 0.6) is 0 Å². The number of anilines is 5. The Kier molecular flexibility index (Phi) is 7.42. The lowest BCUT2D eigenvalue weighted by molar-refractivity contribution is 0.590. The molecule has 10 rings (SSSR count). The van der Waals surface area contributed by atoms with E-state index in [9.17, 15) is 0 Å². The molecule has 0 aliphatic carbocycles. The van der Waals surface area contributed by atoms with Crippen LogP contribution in [0.2, 0.25) is 0 Å². The summed E-state index contributed by atoms with van der Waals surface area (Å²) < 4.78 is 0. The van der Waals surface area contributed by atoms with Crippen molar-refractivity contribution >= 4 is 93.1 Å². The van der Waals surface area contributed by atoms with Gasteiger partial charge in [-0.15, -0.1) is 0 Å². The first kappa shape index (κ1) is 32.0. The topological polar surface area (TPSA) is 15.3 Å². The molecule has 0 saturated carbocycles. The average molecular weight is 693 g/mol. The van der Waals surface area contributed by atoms with E-state index >= 15 is 0 Å². The third kappa shape index (κ3) is 5.33. The number of rotatable bonds is 5. The zero-order valence-electron chi connectivity index (χ0n) is 30.8. The largest absolute Gasteiger partial charge is 0.355 e. The molecule has 0 heterocycles. The Bertz CT molecular complexity index is 2990. The molecule has 0 saturated heterocycles. The molecule has 0 amide bonds. The molecule has 0 spiro atoms. The standard InChI is InChI=1S/C52H40N2/c1-52(2,3)34-29-36(53-35-25-27-48-44-21-9-7-17-40(44)42-19-11-13-23-46(42)50(48)32-35)31-39(30-34)54(37-15-5-4-6-16-37)38-26-28-49-45-22-10-8-18-41(45)43-20-12-14-24-47(43)51(49)33-38/h4-33,53H,1-3H3. The van der Waals surface area contributed by atoms with Crippen LogP contribution in [0.3, 0.4) is 0 Å². The van der Waals surface area contributed by atoms with Gasteiger partial charge in [0.15, 0.2) is 0 Å². The first-order valence-electron chi connectivity index (χ1n) is 18.8. The predicted molar refractivity (Wildman–Crippen MR) is 235 cm³/mol. The molecule has 54 heavy (non-hydrogen) atoms. The number of benzene rings is 10. The van der Waals surface area contributed by atoms with E-state index < -0.39 is 0 Å². The van der Waals surface area contributed by atoms with Crippen molar-refractivity contribution in [3.8, 4) is 0 Å². The summed E-state index contributed by atoms with van der Waals surface area (Å²) in [6.45, 7) is 6.88. The van der Waals surface area contributed by atoms with Crippen LogP contribution < -0.4 is 10.2 Å². The van der Waals surface area contributed by atoms with Crippen molar-refractivity contribution in [1.29, 1.82) is 0 Å². The van der Waals surface area contributed by atoms with E-state index in [2.05, 4.69) is 213 Å². The van der Waals surface area contributed by atoms with Gasteiger partial charge in [0.05, 0.1) is 0 Å². The third-order valence-corrected chi connectivity index (χ3v) is 11.1. The summed E-state index contributed by atoms with van der Waals surface area (Å²) in [6, 6.07) is 66.7. The molecule has 0 aliphatic rings. The number of fused-ring (bicyclic) bond motifs is 12. The molecule has 0 unspecified atom stereocenters. The van der Waals surface area contributed by atoms with Crippen LogP contribution in [0.1, 0.15) is 26.3 Å². The molecule has 2 nitrogen and oxygen atoms in total. The minimum absolute atomic E-state index is 0.0776. The van der Waals surface area contributed by atoms with Crippen molar-refractivity contribution in [2.24, 2.45) is 0 Å². The van der Waals surface area contributed by atoms with Gasteiger partial charge in [-0.2, -0.15) is 0 Å². The molecule has 0 aromatic heterocycles.